The van der Waals surface area contributed by atoms with E-state index < -0.39 is 0 Å². The number of nitrogens with two attached hydrogens (primary N) is 1. The Bertz CT molecular complexity index is 419. The maximum absolute atomic E-state index is 9.14. The first-order valence-corrected chi connectivity index (χ1v) is 6.62. The minimum atomic E-state index is -0.00484. The van der Waals surface area contributed by atoms with Crippen molar-refractivity contribution in [3.8, 4) is 6.01 Å². The van der Waals surface area contributed by atoms with E-state index in [0.717, 1.165) is 25.9 Å². The van der Waals surface area contributed by atoms with Gasteiger partial charge in [-0.15, -0.1) is 0 Å². The summed E-state index contributed by atoms with van der Waals surface area (Å²) in [5.74, 6) is 1.10. The molecule has 0 aliphatic carbocycles. The second-order valence-electron chi connectivity index (χ2n) is 5.06. The summed E-state index contributed by atoms with van der Waals surface area (Å²) in [6, 6.07) is 0.266. The largest absolute Gasteiger partial charge is 0.461 e. The Morgan fingerprint density at radius 1 is 1.32 bits per heavy atom. The van der Waals surface area contributed by atoms with Gasteiger partial charge in [0, 0.05) is 19.7 Å². The highest BCUT2D eigenvalue weighted by Crippen LogP contribution is 2.22. The Balaban J connectivity index is 2.09. The average molecular weight is 267 g/mol. The van der Waals surface area contributed by atoms with Gasteiger partial charge in [0.05, 0.1) is 6.10 Å². The van der Waals surface area contributed by atoms with Crippen LogP contribution in [-0.4, -0.2) is 45.9 Å². The molecule has 7 nitrogen and oxygen atoms in total. The molecule has 1 fully saturated rings. The van der Waals surface area contributed by atoms with E-state index in [4.69, 9.17) is 15.6 Å². The molecule has 2 rings (SSSR count). The van der Waals surface area contributed by atoms with E-state index in [9.17, 15) is 0 Å². The minimum absolute atomic E-state index is 0.00484. The standard InChI is InChI=1S/C12H21N5O2/c1-8(2)19-12-15-10(13)14-11(16-12)17-5-3-9(7-18)4-6-17/h8-9,18H,3-7H2,1-2H3,(H2,13,14,15,16). The fourth-order valence-corrected chi connectivity index (χ4v) is 2.08. The molecule has 0 aromatic carbocycles. The van der Waals surface area contributed by atoms with Gasteiger partial charge in [-0.3, -0.25) is 0 Å². The lowest BCUT2D eigenvalue weighted by Gasteiger charge is -2.31. The average Bonchev–Trinajstić information content (AvgIpc) is 2.37. The molecule has 1 aliphatic heterocycles. The summed E-state index contributed by atoms with van der Waals surface area (Å²) in [6.07, 6.45) is 1.86. The van der Waals surface area contributed by atoms with Gasteiger partial charge in [-0.05, 0) is 32.6 Å². The van der Waals surface area contributed by atoms with Crippen LogP contribution in [0.15, 0.2) is 0 Å². The van der Waals surface area contributed by atoms with E-state index in [0.29, 0.717) is 11.9 Å². The molecule has 2 heterocycles. The normalized spacial score (nSPS) is 16.9. The van der Waals surface area contributed by atoms with Crippen molar-refractivity contribution in [2.24, 2.45) is 5.92 Å². The Hall–Kier alpha value is -1.63. The van der Waals surface area contributed by atoms with Crippen molar-refractivity contribution in [2.45, 2.75) is 32.8 Å². The summed E-state index contributed by atoms with van der Waals surface area (Å²) in [6.45, 7) is 5.69. The summed E-state index contributed by atoms with van der Waals surface area (Å²) in [5.41, 5.74) is 5.69. The summed E-state index contributed by atoms with van der Waals surface area (Å²) in [7, 11) is 0. The quantitative estimate of drug-likeness (QED) is 0.817. The van der Waals surface area contributed by atoms with Crippen LogP contribution < -0.4 is 15.4 Å². The van der Waals surface area contributed by atoms with Crippen LogP contribution in [0.1, 0.15) is 26.7 Å². The van der Waals surface area contributed by atoms with Gasteiger partial charge in [0.25, 0.3) is 0 Å². The number of nitrogens with zero attached hydrogens (tertiary/aromatic N) is 4. The number of hydrogen-bond donors (Lipinski definition) is 2. The van der Waals surface area contributed by atoms with Crippen molar-refractivity contribution in [1.29, 1.82) is 0 Å². The molecule has 1 saturated heterocycles. The van der Waals surface area contributed by atoms with Gasteiger partial charge >= 0.3 is 6.01 Å². The molecule has 19 heavy (non-hydrogen) atoms. The smallest absolute Gasteiger partial charge is 0.323 e. The predicted octanol–water partition coefficient (Wildman–Crippen LogP) is 0.450. The van der Waals surface area contributed by atoms with Crippen LogP contribution in [0, 0.1) is 5.92 Å². The first kappa shape index (κ1) is 13.8. The topological polar surface area (TPSA) is 97.4 Å². The van der Waals surface area contributed by atoms with Crippen LogP contribution in [-0.2, 0) is 0 Å². The minimum Gasteiger partial charge on any atom is -0.461 e. The molecule has 0 spiro atoms. The molecule has 106 valence electrons. The van der Waals surface area contributed by atoms with Crippen molar-refractivity contribution in [3.05, 3.63) is 0 Å². The third kappa shape index (κ3) is 3.66. The number of nitrogen functional groups attached to an aromatic ring is 1. The van der Waals surface area contributed by atoms with Crippen LogP contribution >= 0.6 is 0 Å². The third-order valence-electron chi connectivity index (χ3n) is 3.12. The van der Waals surface area contributed by atoms with E-state index >= 15 is 0 Å². The number of aliphatic hydroxyl groups is 1. The van der Waals surface area contributed by atoms with Gasteiger partial charge in [0.15, 0.2) is 0 Å². The summed E-state index contributed by atoms with van der Waals surface area (Å²) in [5, 5.41) is 9.14. The maximum Gasteiger partial charge on any atom is 0.323 e. The Morgan fingerprint density at radius 3 is 2.58 bits per heavy atom. The number of aliphatic hydroxyl groups excluding tert-OH is 1. The highest BCUT2D eigenvalue weighted by molar-refractivity contribution is 5.36. The zero-order valence-corrected chi connectivity index (χ0v) is 11.4. The monoisotopic (exact) mass is 267 g/mol. The molecule has 0 amide bonds. The van der Waals surface area contributed by atoms with E-state index in [1.165, 1.54) is 0 Å². The van der Waals surface area contributed by atoms with Gasteiger partial charge in [-0.2, -0.15) is 15.0 Å². The SMILES string of the molecule is CC(C)Oc1nc(N)nc(N2CCC(CO)CC2)n1. The van der Waals surface area contributed by atoms with Crippen molar-refractivity contribution in [3.63, 3.8) is 0 Å². The molecular weight excluding hydrogens is 246 g/mol. The number of anilines is 2. The van der Waals surface area contributed by atoms with Crippen LogP contribution in [0.3, 0.4) is 0 Å². The molecule has 0 atom stereocenters. The number of piperidine rings is 1. The zero-order valence-electron chi connectivity index (χ0n) is 11.4. The number of aromatic nitrogens is 3. The molecule has 7 heteroatoms. The lowest BCUT2D eigenvalue weighted by atomic mass is 9.98. The Kier molecular flexibility index (Phi) is 4.36. The van der Waals surface area contributed by atoms with Gasteiger partial charge in [-0.25, -0.2) is 0 Å². The van der Waals surface area contributed by atoms with Crippen molar-refractivity contribution in [1.82, 2.24) is 15.0 Å². The lowest BCUT2D eigenvalue weighted by molar-refractivity contribution is 0.201. The first-order chi connectivity index (χ1) is 9.08. The summed E-state index contributed by atoms with van der Waals surface area (Å²) >= 11 is 0. The van der Waals surface area contributed by atoms with E-state index in [1.807, 2.05) is 13.8 Å². The van der Waals surface area contributed by atoms with Crippen molar-refractivity contribution in [2.75, 3.05) is 30.3 Å². The van der Waals surface area contributed by atoms with Crippen molar-refractivity contribution < 1.29 is 9.84 Å². The van der Waals surface area contributed by atoms with Crippen molar-refractivity contribution >= 4 is 11.9 Å². The van der Waals surface area contributed by atoms with E-state index in [-0.39, 0.29) is 24.7 Å². The van der Waals surface area contributed by atoms with Gasteiger partial charge < -0.3 is 20.5 Å². The first-order valence-electron chi connectivity index (χ1n) is 6.62. The van der Waals surface area contributed by atoms with Crippen LogP contribution in [0.2, 0.25) is 0 Å². The zero-order chi connectivity index (χ0) is 13.8. The maximum atomic E-state index is 9.14. The molecule has 0 bridgehead atoms. The van der Waals surface area contributed by atoms with Gasteiger partial charge in [0.2, 0.25) is 11.9 Å². The molecule has 1 aromatic rings. The number of hydrogen-bond acceptors (Lipinski definition) is 7. The number of rotatable bonds is 4. The summed E-state index contributed by atoms with van der Waals surface area (Å²) < 4.78 is 5.46. The molecule has 0 radical (unpaired) electrons. The molecule has 0 saturated carbocycles. The molecular formula is C12H21N5O2. The second kappa shape index (κ2) is 6.01. The lowest BCUT2D eigenvalue weighted by Crippen LogP contribution is -2.36. The second-order valence-corrected chi connectivity index (χ2v) is 5.06. The molecule has 1 aliphatic rings. The van der Waals surface area contributed by atoms with E-state index in [2.05, 4.69) is 19.9 Å². The highest BCUT2D eigenvalue weighted by Gasteiger charge is 2.21. The van der Waals surface area contributed by atoms with Crippen LogP contribution in [0.4, 0.5) is 11.9 Å². The highest BCUT2D eigenvalue weighted by atomic mass is 16.5. The Labute approximate surface area is 112 Å². The van der Waals surface area contributed by atoms with Gasteiger partial charge in [0.1, 0.15) is 0 Å². The molecule has 1 aromatic heterocycles. The molecule has 0 unspecified atom stereocenters. The fraction of sp³-hybridized carbons (Fsp3) is 0.750. The Morgan fingerprint density at radius 2 is 2.00 bits per heavy atom. The molecule has 3 N–H and O–H groups in total. The fourth-order valence-electron chi connectivity index (χ4n) is 2.08. The predicted molar refractivity (Wildman–Crippen MR) is 72.0 cm³/mol. The summed E-state index contributed by atoms with van der Waals surface area (Å²) in [4.78, 5) is 14.5. The van der Waals surface area contributed by atoms with Crippen LogP contribution in [0.5, 0.6) is 6.01 Å². The van der Waals surface area contributed by atoms with E-state index in [1.54, 1.807) is 0 Å². The number of ether oxygens (including phenoxy) is 1. The third-order valence-corrected chi connectivity index (χ3v) is 3.12. The van der Waals surface area contributed by atoms with Crippen LogP contribution in [0.25, 0.3) is 0 Å². The van der Waals surface area contributed by atoms with Gasteiger partial charge in [-0.1, -0.05) is 0 Å².